The fourth-order valence-corrected chi connectivity index (χ4v) is 3.29. The molecule has 0 unspecified atom stereocenters. The van der Waals surface area contributed by atoms with Gasteiger partial charge in [-0.25, -0.2) is 19.2 Å². The fraction of sp³-hybridized carbons (Fsp3) is 0.0625. The summed E-state index contributed by atoms with van der Waals surface area (Å²) in [6.07, 6.45) is 2.02. The molecule has 0 aromatic heterocycles. The van der Waals surface area contributed by atoms with Gasteiger partial charge in [-0.1, -0.05) is 50.6 Å². The molecule has 0 spiro atoms. The van der Waals surface area contributed by atoms with Crippen LogP contribution in [0.15, 0.2) is 110 Å². The summed E-state index contributed by atoms with van der Waals surface area (Å²) in [5, 5.41) is 0. The zero-order valence-corrected chi connectivity index (χ0v) is 22.0. The number of esters is 4. The van der Waals surface area contributed by atoms with Crippen LogP contribution in [0.2, 0.25) is 0 Å². The third-order valence-electron chi connectivity index (χ3n) is 5.28. The van der Waals surface area contributed by atoms with Gasteiger partial charge in [-0.3, -0.25) is 0 Å². The standard InChI is InChI=1S/C32H26O8/c1-7-29(33)39-27-17-22(11-15-25(27)21-9-12-23(13-10-21)37-31(35)19(3)4)26-16-14-24(38-32(36)20(5)6)18-28(26)40-30(34)8-2/h7-18H,1-3,5H2,4,6H3. The van der Waals surface area contributed by atoms with Crippen molar-refractivity contribution in [3.63, 3.8) is 0 Å². The quantitative estimate of drug-likeness (QED) is 0.172. The second kappa shape index (κ2) is 12.8. The second-order valence-electron chi connectivity index (χ2n) is 8.48. The lowest BCUT2D eigenvalue weighted by Gasteiger charge is -2.15. The maximum Gasteiger partial charge on any atom is 0.338 e. The van der Waals surface area contributed by atoms with E-state index in [2.05, 4.69) is 26.3 Å². The van der Waals surface area contributed by atoms with Gasteiger partial charge in [0.25, 0.3) is 0 Å². The van der Waals surface area contributed by atoms with E-state index < -0.39 is 23.9 Å². The molecule has 3 aromatic rings. The highest BCUT2D eigenvalue weighted by atomic mass is 16.6. The molecular weight excluding hydrogens is 512 g/mol. The van der Waals surface area contributed by atoms with E-state index in [1.54, 1.807) is 55.5 Å². The summed E-state index contributed by atoms with van der Waals surface area (Å²) < 4.78 is 21.4. The molecule has 0 aliphatic rings. The first-order valence-corrected chi connectivity index (χ1v) is 11.8. The van der Waals surface area contributed by atoms with Gasteiger partial charge >= 0.3 is 23.9 Å². The van der Waals surface area contributed by atoms with E-state index in [0.29, 0.717) is 28.0 Å². The van der Waals surface area contributed by atoms with Crippen LogP contribution in [-0.4, -0.2) is 23.9 Å². The second-order valence-corrected chi connectivity index (χ2v) is 8.48. The normalized spacial score (nSPS) is 10.1. The lowest BCUT2D eigenvalue weighted by molar-refractivity contribution is -0.131. The molecule has 0 atom stereocenters. The van der Waals surface area contributed by atoms with Crippen molar-refractivity contribution < 1.29 is 38.1 Å². The van der Waals surface area contributed by atoms with Crippen LogP contribution in [0.3, 0.4) is 0 Å². The Morgan fingerprint density at radius 1 is 0.575 bits per heavy atom. The minimum absolute atomic E-state index is 0.0781. The lowest BCUT2D eigenvalue weighted by atomic mass is 9.98. The number of hydrogen-bond acceptors (Lipinski definition) is 8. The summed E-state index contributed by atoms with van der Waals surface area (Å²) in [5.41, 5.74) is 2.63. The van der Waals surface area contributed by atoms with Gasteiger partial charge in [0.2, 0.25) is 0 Å². The van der Waals surface area contributed by atoms with Crippen molar-refractivity contribution in [1.29, 1.82) is 0 Å². The Morgan fingerprint density at radius 2 is 1.00 bits per heavy atom. The molecule has 0 aliphatic carbocycles. The molecule has 8 nitrogen and oxygen atoms in total. The van der Waals surface area contributed by atoms with Crippen molar-refractivity contribution in [2.24, 2.45) is 0 Å². The van der Waals surface area contributed by atoms with Crippen molar-refractivity contribution in [3.8, 4) is 45.3 Å². The van der Waals surface area contributed by atoms with E-state index in [1.807, 2.05) is 0 Å². The first-order chi connectivity index (χ1) is 19.0. The molecule has 0 saturated heterocycles. The Morgan fingerprint density at radius 3 is 1.52 bits per heavy atom. The SMILES string of the molecule is C=CC(=O)Oc1cc(OC(=O)C(=C)C)ccc1-c1ccc(-c2ccc(OC(=O)C(=C)C)cc2)c(OC(=O)C=C)c1. The van der Waals surface area contributed by atoms with E-state index in [1.165, 1.54) is 19.1 Å². The molecule has 0 aliphatic heterocycles. The Labute approximate surface area is 231 Å². The third-order valence-corrected chi connectivity index (χ3v) is 5.28. The smallest absolute Gasteiger partial charge is 0.338 e. The molecular formula is C32H26O8. The van der Waals surface area contributed by atoms with E-state index >= 15 is 0 Å². The Balaban J connectivity index is 2.07. The van der Waals surface area contributed by atoms with Crippen LogP contribution < -0.4 is 18.9 Å². The summed E-state index contributed by atoms with van der Waals surface area (Å²) >= 11 is 0. The van der Waals surface area contributed by atoms with Gasteiger partial charge in [0.1, 0.15) is 23.0 Å². The molecule has 3 rings (SSSR count). The van der Waals surface area contributed by atoms with Gasteiger partial charge in [-0.15, -0.1) is 0 Å². The summed E-state index contributed by atoms with van der Waals surface area (Å²) in [4.78, 5) is 48.0. The van der Waals surface area contributed by atoms with Crippen LogP contribution in [0.4, 0.5) is 0 Å². The highest BCUT2D eigenvalue weighted by Gasteiger charge is 2.17. The van der Waals surface area contributed by atoms with Gasteiger partial charge in [0, 0.05) is 40.5 Å². The first kappa shape index (κ1) is 29.1. The molecule has 0 amide bonds. The molecule has 0 N–H and O–H groups in total. The van der Waals surface area contributed by atoms with Gasteiger partial charge in [0.15, 0.2) is 0 Å². The van der Waals surface area contributed by atoms with Crippen LogP contribution in [0.5, 0.6) is 23.0 Å². The van der Waals surface area contributed by atoms with Gasteiger partial charge < -0.3 is 18.9 Å². The third kappa shape index (κ3) is 7.29. The number of ether oxygens (including phenoxy) is 4. The summed E-state index contributed by atoms with van der Waals surface area (Å²) in [5.74, 6) is -1.90. The number of rotatable bonds is 10. The Hall–Kier alpha value is -5.50. The van der Waals surface area contributed by atoms with Crippen molar-refractivity contribution in [2.75, 3.05) is 0 Å². The minimum atomic E-state index is -0.730. The number of benzene rings is 3. The number of hydrogen-bond donors (Lipinski definition) is 0. The molecule has 202 valence electrons. The highest BCUT2D eigenvalue weighted by molar-refractivity contribution is 5.91. The average molecular weight is 539 g/mol. The summed E-state index contributed by atoms with van der Waals surface area (Å²) in [6, 6.07) is 16.1. The molecule has 40 heavy (non-hydrogen) atoms. The van der Waals surface area contributed by atoms with E-state index in [0.717, 1.165) is 12.2 Å². The number of carbonyl (C=O) groups is 4. The summed E-state index contributed by atoms with van der Waals surface area (Å²) in [7, 11) is 0. The van der Waals surface area contributed by atoms with Gasteiger partial charge in [-0.2, -0.15) is 0 Å². The molecule has 0 fully saturated rings. The zero-order chi connectivity index (χ0) is 29.4. The molecule has 3 aromatic carbocycles. The summed E-state index contributed by atoms with van der Waals surface area (Å²) in [6.45, 7) is 17.0. The lowest BCUT2D eigenvalue weighted by Crippen LogP contribution is -2.09. The van der Waals surface area contributed by atoms with Crippen LogP contribution in [0, 0.1) is 0 Å². The molecule has 8 heteroatoms. The van der Waals surface area contributed by atoms with E-state index in [9.17, 15) is 19.2 Å². The monoisotopic (exact) mass is 538 g/mol. The molecule has 0 radical (unpaired) electrons. The topological polar surface area (TPSA) is 105 Å². The van der Waals surface area contributed by atoms with Gasteiger partial charge in [-0.05, 0) is 55.3 Å². The minimum Gasteiger partial charge on any atom is -0.423 e. The highest BCUT2D eigenvalue weighted by Crippen LogP contribution is 2.39. The van der Waals surface area contributed by atoms with Crippen LogP contribution >= 0.6 is 0 Å². The maximum absolute atomic E-state index is 12.2. The zero-order valence-electron chi connectivity index (χ0n) is 22.0. The van der Waals surface area contributed by atoms with Crippen molar-refractivity contribution in [2.45, 2.75) is 13.8 Å². The maximum atomic E-state index is 12.2. The van der Waals surface area contributed by atoms with Crippen LogP contribution in [0.25, 0.3) is 22.3 Å². The predicted octanol–water partition coefficient (Wildman–Crippen LogP) is 6.17. The first-order valence-electron chi connectivity index (χ1n) is 11.8. The fourth-order valence-electron chi connectivity index (χ4n) is 3.29. The van der Waals surface area contributed by atoms with E-state index in [4.69, 9.17) is 18.9 Å². The van der Waals surface area contributed by atoms with E-state index in [-0.39, 0.29) is 28.4 Å². The van der Waals surface area contributed by atoms with Crippen LogP contribution in [-0.2, 0) is 19.2 Å². The largest absolute Gasteiger partial charge is 0.423 e. The van der Waals surface area contributed by atoms with Crippen molar-refractivity contribution in [1.82, 2.24) is 0 Å². The van der Waals surface area contributed by atoms with Crippen molar-refractivity contribution in [3.05, 3.63) is 110 Å². The predicted molar refractivity (Wildman–Crippen MR) is 150 cm³/mol. The molecule has 0 saturated carbocycles. The number of carbonyl (C=O) groups excluding carboxylic acids is 4. The Bertz CT molecular complexity index is 1540. The molecule has 0 bridgehead atoms. The van der Waals surface area contributed by atoms with Crippen molar-refractivity contribution >= 4 is 23.9 Å². The Kier molecular flexibility index (Phi) is 9.33. The average Bonchev–Trinajstić information content (AvgIpc) is 2.93. The van der Waals surface area contributed by atoms with Crippen LogP contribution in [0.1, 0.15) is 13.8 Å². The molecule has 0 heterocycles. The van der Waals surface area contributed by atoms with Gasteiger partial charge in [0.05, 0.1) is 0 Å².